The first kappa shape index (κ1) is 26.8. The molecule has 8 atom stereocenters. The van der Waals surface area contributed by atoms with E-state index >= 15 is 0 Å². The van der Waals surface area contributed by atoms with Crippen LogP contribution in [0.5, 0.6) is 0 Å². The van der Waals surface area contributed by atoms with Gasteiger partial charge in [-0.3, -0.25) is 19.2 Å². The van der Waals surface area contributed by atoms with Crippen LogP contribution in [-0.2, 0) is 28.7 Å². The average molecular weight is 501 g/mol. The molecule has 0 heterocycles. The van der Waals surface area contributed by atoms with Crippen LogP contribution in [0.15, 0.2) is 23.8 Å². The van der Waals surface area contributed by atoms with Gasteiger partial charge < -0.3 is 14.6 Å². The lowest BCUT2D eigenvalue weighted by atomic mass is 9.44. The monoisotopic (exact) mass is 500 g/mol. The first-order valence-corrected chi connectivity index (χ1v) is 13.4. The number of ketones is 2. The van der Waals surface area contributed by atoms with E-state index in [2.05, 4.69) is 13.8 Å². The molecule has 0 amide bonds. The number of hydrogen-bond donors (Lipinski definition) is 1. The number of rotatable bonds is 6. The Morgan fingerprint density at radius 2 is 1.92 bits per heavy atom. The molecule has 0 aromatic heterocycles. The van der Waals surface area contributed by atoms with Crippen molar-refractivity contribution in [2.75, 3.05) is 6.61 Å². The second-order valence-electron chi connectivity index (χ2n) is 12.1. The molecule has 1 N–H and O–H groups in total. The number of fused-ring (bicyclic) bond motifs is 5. The minimum Gasteiger partial charge on any atom is -0.457 e. The van der Waals surface area contributed by atoms with Gasteiger partial charge in [0.15, 0.2) is 18.0 Å². The Labute approximate surface area is 213 Å². The molecule has 0 unspecified atom stereocenters. The minimum absolute atomic E-state index is 0.0178. The fourth-order valence-electron chi connectivity index (χ4n) is 8.11. The number of aliphatic hydroxyl groups excluding tert-OH is 1. The van der Waals surface area contributed by atoms with Crippen molar-refractivity contribution in [2.24, 2.45) is 40.4 Å². The van der Waals surface area contributed by atoms with Crippen molar-refractivity contribution in [3.05, 3.63) is 23.8 Å². The number of hydrogen-bond acceptors (Lipinski definition) is 7. The van der Waals surface area contributed by atoms with Gasteiger partial charge in [0.05, 0.1) is 12.0 Å². The first-order chi connectivity index (χ1) is 16.8. The van der Waals surface area contributed by atoms with E-state index in [-0.39, 0.29) is 41.8 Å². The van der Waals surface area contributed by atoms with Crippen LogP contribution in [0.2, 0.25) is 0 Å². The molecule has 3 fully saturated rings. The van der Waals surface area contributed by atoms with Gasteiger partial charge in [-0.1, -0.05) is 53.2 Å². The van der Waals surface area contributed by atoms with Gasteiger partial charge in [0.1, 0.15) is 0 Å². The van der Waals surface area contributed by atoms with E-state index in [1.54, 1.807) is 32.9 Å². The molecule has 4 rings (SSSR count). The lowest BCUT2D eigenvalue weighted by Gasteiger charge is -2.61. The predicted octanol–water partition coefficient (Wildman–Crippen LogP) is 3.97. The summed E-state index contributed by atoms with van der Waals surface area (Å²) in [7, 11) is 0. The number of aliphatic hydroxyl groups is 1. The lowest BCUT2D eigenvalue weighted by molar-refractivity contribution is -0.202. The maximum atomic E-state index is 13.8. The Kier molecular flexibility index (Phi) is 6.87. The number of ether oxygens (including phenoxy) is 2. The average Bonchev–Trinajstić information content (AvgIpc) is 3.10. The Morgan fingerprint density at radius 1 is 1.22 bits per heavy atom. The number of allylic oxidation sites excluding steroid dienone is 4. The molecular weight excluding hydrogens is 460 g/mol. The van der Waals surface area contributed by atoms with E-state index in [0.29, 0.717) is 19.3 Å². The van der Waals surface area contributed by atoms with Crippen LogP contribution in [-0.4, -0.2) is 46.9 Å². The van der Waals surface area contributed by atoms with Crippen LogP contribution in [0.25, 0.3) is 0 Å². The normalized spacial score (nSPS) is 41.2. The zero-order valence-corrected chi connectivity index (χ0v) is 22.3. The van der Waals surface area contributed by atoms with Crippen LogP contribution in [0.4, 0.5) is 0 Å². The Morgan fingerprint density at radius 3 is 2.56 bits per heavy atom. The van der Waals surface area contributed by atoms with Crippen LogP contribution in [0, 0.1) is 40.4 Å². The summed E-state index contributed by atoms with van der Waals surface area (Å²) in [4.78, 5) is 50.7. The summed E-state index contributed by atoms with van der Waals surface area (Å²) in [6.07, 6.45) is 6.77. The van der Waals surface area contributed by atoms with Crippen molar-refractivity contribution in [2.45, 2.75) is 85.4 Å². The molecule has 7 heteroatoms. The zero-order chi connectivity index (χ0) is 26.6. The summed E-state index contributed by atoms with van der Waals surface area (Å²) in [6, 6.07) is 0. The van der Waals surface area contributed by atoms with Gasteiger partial charge in [0, 0.05) is 23.2 Å². The van der Waals surface area contributed by atoms with Gasteiger partial charge in [-0.25, -0.2) is 0 Å². The van der Waals surface area contributed by atoms with Crippen LogP contribution >= 0.6 is 0 Å². The summed E-state index contributed by atoms with van der Waals surface area (Å²) >= 11 is 0. The molecular formula is C29H40O7. The topological polar surface area (TPSA) is 107 Å². The third-order valence-corrected chi connectivity index (χ3v) is 9.78. The molecule has 4 aliphatic rings. The molecule has 0 aromatic rings. The van der Waals surface area contributed by atoms with Crippen molar-refractivity contribution in [1.29, 1.82) is 0 Å². The van der Waals surface area contributed by atoms with E-state index in [4.69, 9.17) is 9.47 Å². The maximum Gasteiger partial charge on any atom is 0.308 e. The van der Waals surface area contributed by atoms with Gasteiger partial charge in [-0.15, -0.1) is 0 Å². The summed E-state index contributed by atoms with van der Waals surface area (Å²) in [5.74, 6) is -1.59. The second-order valence-corrected chi connectivity index (χ2v) is 12.1. The quantitative estimate of drug-likeness (QED) is 0.550. The highest BCUT2D eigenvalue weighted by Gasteiger charge is 2.70. The standard InChI is InChI=1S/C29H40O7/c1-7-24(33)36-29(23(32)15-35-26(34)16(2)3)11-9-20-19-12-17(4)21-13-18(30)8-10-27(21,5)25(19)22(31)14-28(20,29)6/h8,10,13,16-17,19-20,22,25,31H,7,9,11-12,14-15H2,1-6H3/t17-,19-,20-,22-,25+,27-,28-,29-/m0/s1. The van der Waals surface area contributed by atoms with Crippen LogP contribution in [0.1, 0.15) is 73.6 Å². The highest BCUT2D eigenvalue weighted by molar-refractivity contribution is 6.01. The van der Waals surface area contributed by atoms with Crippen molar-refractivity contribution >= 4 is 23.5 Å². The number of Topliss-reactive ketones (excluding diaryl/α,β-unsaturated/α-hetero) is 1. The summed E-state index contributed by atoms with van der Waals surface area (Å²) in [6.45, 7) is 10.8. The zero-order valence-electron chi connectivity index (χ0n) is 22.3. The van der Waals surface area contributed by atoms with Gasteiger partial charge in [0.2, 0.25) is 5.78 Å². The van der Waals surface area contributed by atoms with E-state index in [1.165, 1.54) is 0 Å². The molecule has 7 nitrogen and oxygen atoms in total. The van der Waals surface area contributed by atoms with Gasteiger partial charge in [-0.2, -0.15) is 0 Å². The third-order valence-electron chi connectivity index (χ3n) is 9.78. The molecule has 3 saturated carbocycles. The molecule has 198 valence electrons. The molecule has 0 saturated heterocycles. The Bertz CT molecular complexity index is 1020. The fourth-order valence-corrected chi connectivity index (χ4v) is 8.11. The predicted molar refractivity (Wildman–Crippen MR) is 132 cm³/mol. The molecule has 0 aromatic carbocycles. The van der Waals surface area contributed by atoms with Crippen LogP contribution in [0.3, 0.4) is 0 Å². The van der Waals surface area contributed by atoms with Crippen molar-refractivity contribution < 1.29 is 33.8 Å². The number of esters is 2. The van der Waals surface area contributed by atoms with Gasteiger partial charge >= 0.3 is 11.9 Å². The maximum absolute atomic E-state index is 13.8. The summed E-state index contributed by atoms with van der Waals surface area (Å²) in [5, 5.41) is 11.7. The van der Waals surface area contributed by atoms with Crippen molar-refractivity contribution in [3.8, 4) is 0 Å². The van der Waals surface area contributed by atoms with E-state index in [1.807, 2.05) is 13.0 Å². The molecule has 0 bridgehead atoms. The van der Waals surface area contributed by atoms with Crippen molar-refractivity contribution in [3.63, 3.8) is 0 Å². The van der Waals surface area contributed by atoms with Crippen LogP contribution < -0.4 is 0 Å². The van der Waals surface area contributed by atoms with Crippen molar-refractivity contribution in [1.82, 2.24) is 0 Å². The SMILES string of the molecule is CCC(=O)O[C@]1(C(=O)COC(=O)C(C)C)CC[C@H]2[C@@H]3C[C@H](C)C4=CC(=O)C=C[C@]4(C)[C@H]3[C@@H](O)C[C@@]21C. The Hall–Kier alpha value is -2.28. The number of carbonyl (C=O) groups is 4. The molecule has 36 heavy (non-hydrogen) atoms. The van der Waals surface area contributed by atoms with E-state index < -0.39 is 46.9 Å². The highest BCUT2D eigenvalue weighted by Crippen LogP contribution is 2.68. The summed E-state index contributed by atoms with van der Waals surface area (Å²) in [5.41, 5.74) is -1.63. The second kappa shape index (κ2) is 9.23. The fraction of sp³-hybridized carbons (Fsp3) is 0.724. The van der Waals surface area contributed by atoms with E-state index in [9.17, 15) is 24.3 Å². The Balaban J connectivity index is 1.73. The van der Waals surface area contributed by atoms with Gasteiger partial charge in [-0.05, 0) is 55.6 Å². The largest absolute Gasteiger partial charge is 0.457 e. The number of carbonyl (C=O) groups excluding carboxylic acids is 4. The highest BCUT2D eigenvalue weighted by atomic mass is 16.6. The smallest absolute Gasteiger partial charge is 0.308 e. The lowest BCUT2D eigenvalue weighted by Crippen LogP contribution is -2.63. The van der Waals surface area contributed by atoms with E-state index in [0.717, 1.165) is 12.0 Å². The molecule has 0 radical (unpaired) electrons. The molecule has 0 spiro atoms. The minimum atomic E-state index is -1.45. The summed E-state index contributed by atoms with van der Waals surface area (Å²) < 4.78 is 11.3. The third kappa shape index (κ3) is 3.89. The molecule has 4 aliphatic carbocycles. The molecule has 0 aliphatic heterocycles. The first-order valence-electron chi connectivity index (χ1n) is 13.4. The van der Waals surface area contributed by atoms with Gasteiger partial charge in [0.25, 0.3) is 0 Å².